The minimum atomic E-state index is -0.995. The molecule has 5 nitrogen and oxygen atoms in total. The largest absolute Gasteiger partial charge is 0.478 e. The number of benzene rings is 1. The summed E-state index contributed by atoms with van der Waals surface area (Å²) >= 11 is 1.66. The summed E-state index contributed by atoms with van der Waals surface area (Å²) in [7, 11) is 0. The van der Waals surface area contributed by atoms with Crippen molar-refractivity contribution >= 4 is 29.4 Å². The van der Waals surface area contributed by atoms with Crippen LogP contribution in [0.2, 0.25) is 0 Å². The van der Waals surface area contributed by atoms with Gasteiger partial charge in [-0.1, -0.05) is 6.92 Å². The van der Waals surface area contributed by atoms with Crippen LogP contribution in [0.3, 0.4) is 0 Å². The molecule has 1 atom stereocenters. The lowest BCUT2D eigenvalue weighted by molar-refractivity contribution is 0.0696. The number of urea groups is 1. The smallest absolute Gasteiger partial charge is 0.336 e. The van der Waals surface area contributed by atoms with Gasteiger partial charge in [0, 0.05) is 17.5 Å². The van der Waals surface area contributed by atoms with Crippen LogP contribution in [-0.4, -0.2) is 35.2 Å². The van der Waals surface area contributed by atoms with Crippen LogP contribution in [0.25, 0.3) is 0 Å². The number of aromatic carboxylic acids is 1. The number of carbonyl (C=O) groups excluding carboxylic acids is 1. The molecule has 0 aliphatic carbocycles. The molecule has 1 unspecified atom stereocenters. The number of amides is 2. The Bertz CT molecular complexity index is 517. The van der Waals surface area contributed by atoms with Crippen molar-refractivity contribution in [3.8, 4) is 0 Å². The second-order valence-electron chi connectivity index (χ2n) is 4.65. The molecule has 0 aromatic heterocycles. The molecular formula is C14H20N2O3S. The summed E-state index contributed by atoms with van der Waals surface area (Å²) in [5.41, 5.74) is 2.23. The quantitative estimate of drug-likeness (QED) is 0.780. The zero-order chi connectivity index (χ0) is 15.3. The molecule has 3 N–H and O–H groups in total. The van der Waals surface area contributed by atoms with Crippen molar-refractivity contribution in [2.45, 2.75) is 26.0 Å². The van der Waals surface area contributed by atoms with Crippen molar-refractivity contribution in [2.75, 3.05) is 18.1 Å². The lowest BCUT2D eigenvalue weighted by Gasteiger charge is -2.13. The Morgan fingerprint density at radius 1 is 1.35 bits per heavy atom. The summed E-state index contributed by atoms with van der Waals surface area (Å²) in [5, 5.41) is 14.9. The predicted molar refractivity (Wildman–Crippen MR) is 82.9 cm³/mol. The van der Waals surface area contributed by atoms with E-state index in [1.807, 2.05) is 20.1 Å². The van der Waals surface area contributed by atoms with Gasteiger partial charge in [-0.3, -0.25) is 0 Å². The normalized spacial score (nSPS) is 11.8. The molecule has 1 aromatic carbocycles. The van der Waals surface area contributed by atoms with E-state index in [1.165, 1.54) is 6.07 Å². The van der Waals surface area contributed by atoms with Crippen molar-refractivity contribution in [3.63, 3.8) is 0 Å². The second kappa shape index (κ2) is 7.19. The van der Waals surface area contributed by atoms with Crippen molar-refractivity contribution in [2.24, 2.45) is 0 Å². The molecule has 0 fully saturated rings. The van der Waals surface area contributed by atoms with Gasteiger partial charge in [-0.05, 0) is 43.4 Å². The van der Waals surface area contributed by atoms with Gasteiger partial charge in [-0.25, -0.2) is 9.59 Å². The van der Waals surface area contributed by atoms with E-state index in [0.29, 0.717) is 23.0 Å². The van der Waals surface area contributed by atoms with E-state index < -0.39 is 5.97 Å². The first kappa shape index (κ1) is 16.4. The van der Waals surface area contributed by atoms with Crippen LogP contribution in [0.1, 0.15) is 28.4 Å². The van der Waals surface area contributed by atoms with Gasteiger partial charge in [-0.15, -0.1) is 0 Å². The minimum absolute atomic E-state index is 0.206. The molecular weight excluding hydrogens is 276 g/mol. The van der Waals surface area contributed by atoms with Crippen LogP contribution < -0.4 is 10.6 Å². The van der Waals surface area contributed by atoms with E-state index in [-0.39, 0.29) is 11.6 Å². The van der Waals surface area contributed by atoms with Crippen molar-refractivity contribution in [1.29, 1.82) is 0 Å². The summed E-state index contributed by atoms with van der Waals surface area (Å²) in [5.74, 6) is -0.995. The molecule has 110 valence electrons. The molecule has 1 rings (SSSR count). The number of anilines is 1. The Morgan fingerprint density at radius 3 is 2.55 bits per heavy atom. The fraction of sp³-hybridized carbons (Fsp3) is 0.429. The fourth-order valence-electron chi connectivity index (χ4n) is 1.65. The summed E-state index contributed by atoms with van der Waals surface area (Å²) in [6.45, 7) is 6.15. The number of thioether (sulfide) groups is 1. The first-order valence-corrected chi connectivity index (χ1v) is 7.56. The Balaban J connectivity index is 2.78. The molecule has 0 radical (unpaired) electrons. The number of hydrogen-bond acceptors (Lipinski definition) is 3. The Hall–Kier alpha value is -1.69. The van der Waals surface area contributed by atoms with Crippen molar-refractivity contribution in [3.05, 3.63) is 28.8 Å². The van der Waals surface area contributed by atoms with Crippen molar-refractivity contribution < 1.29 is 14.7 Å². The highest BCUT2D eigenvalue weighted by Crippen LogP contribution is 2.20. The Labute approximate surface area is 123 Å². The van der Waals surface area contributed by atoms with E-state index in [9.17, 15) is 9.59 Å². The van der Waals surface area contributed by atoms with E-state index in [1.54, 1.807) is 24.8 Å². The molecule has 2 amide bonds. The van der Waals surface area contributed by atoms with E-state index in [4.69, 9.17) is 5.11 Å². The zero-order valence-electron chi connectivity index (χ0n) is 12.1. The molecule has 20 heavy (non-hydrogen) atoms. The third-order valence-electron chi connectivity index (χ3n) is 3.11. The number of aryl methyl sites for hydroxylation is 1. The zero-order valence-corrected chi connectivity index (χ0v) is 12.9. The summed E-state index contributed by atoms with van der Waals surface area (Å²) < 4.78 is 0. The Kier molecular flexibility index (Phi) is 5.88. The van der Waals surface area contributed by atoms with Gasteiger partial charge in [0.25, 0.3) is 0 Å². The molecule has 1 aromatic rings. The minimum Gasteiger partial charge on any atom is -0.478 e. The van der Waals surface area contributed by atoms with Crippen LogP contribution in [0, 0.1) is 13.8 Å². The fourth-order valence-corrected chi connectivity index (χ4v) is 1.90. The molecule has 0 heterocycles. The number of carbonyl (C=O) groups is 2. The lowest BCUT2D eigenvalue weighted by Crippen LogP contribution is -2.33. The highest BCUT2D eigenvalue weighted by Gasteiger charge is 2.12. The molecule has 0 saturated carbocycles. The maximum absolute atomic E-state index is 11.7. The van der Waals surface area contributed by atoms with Crippen LogP contribution in [0.5, 0.6) is 0 Å². The highest BCUT2D eigenvalue weighted by molar-refractivity contribution is 7.99. The third kappa shape index (κ3) is 4.45. The SMILES string of the molecule is CSC(C)CNC(=O)Nc1cc(C)c(C)c(C(=O)O)c1. The average Bonchev–Trinajstić information content (AvgIpc) is 2.39. The molecule has 0 bridgehead atoms. The number of rotatable bonds is 5. The van der Waals surface area contributed by atoms with Gasteiger partial charge in [-0.2, -0.15) is 11.8 Å². The predicted octanol–water partition coefficient (Wildman–Crippen LogP) is 2.87. The van der Waals surface area contributed by atoms with E-state index in [0.717, 1.165) is 5.56 Å². The van der Waals surface area contributed by atoms with E-state index >= 15 is 0 Å². The van der Waals surface area contributed by atoms with Crippen LogP contribution >= 0.6 is 11.8 Å². The van der Waals surface area contributed by atoms with Gasteiger partial charge < -0.3 is 15.7 Å². The molecule has 0 spiro atoms. The van der Waals surface area contributed by atoms with E-state index in [2.05, 4.69) is 10.6 Å². The average molecular weight is 296 g/mol. The summed E-state index contributed by atoms with van der Waals surface area (Å²) in [4.78, 5) is 22.9. The maximum Gasteiger partial charge on any atom is 0.336 e. The van der Waals surface area contributed by atoms with Gasteiger partial charge >= 0.3 is 12.0 Å². The second-order valence-corrected chi connectivity index (χ2v) is 5.93. The summed E-state index contributed by atoms with van der Waals surface area (Å²) in [6, 6.07) is 2.91. The number of hydrogen-bond donors (Lipinski definition) is 3. The lowest BCUT2D eigenvalue weighted by atomic mass is 10.0. The highest BCUT2D eigenvalue weighted by atomic mass is 32.2. The monoisotopic (exact) mass is 296 g/mol. The molecule has 0 aliphatic rings. The third-order valence-corrected chi connectivity index (χ3v) is 4.08. The summed E-state index contributed by atoms with van der Waals surface area (Å²) in [6.07, 6.45) is 1.98. The Morgan fingerprint density at radius 2 is 2.00 bits per heavy atom. The van der Waals surface area contributed by atoms with Crippen molar-refractivity contribution in [1.82, 2.24) is 5.32 Å². The first-order chi connectivity index (χ1) is 9.35. The first-order valence-electron chi connectivity index (χ1n) is 6.27. The molecule has 6 heteroatoms. The van der Waals surface area contributed by atoms with Gasteiger partial charge in [0.05, 0.1) is 5.56 Å². The number of carboxylic acid groups (broad SMARTS) is 1. The topological polar surface area (TPSA) is 78.4 Å². The van der Waals surface area contributed by atoms with Gasteiger partial charge in [0.1, 0.15) is 0 Å². The molecule has 0 saturated heterocycles. The number of carboxylic acids is 1. The van der Waals surface area contributed by atoms with Gasteiger partial charge in [0.2, 0.25) is 0 Å². The number of nitrogens with one attached hydrogen (secondary N) is 2. The maximum atomic E-state index is 11.7. The standard InChI is InChI=1S/C14H20N2O3S/c1-8-5-11(6-12(10(8)3)13(17)18)16-14(19)15-7-9(2)20-4/h5-6,9H,7H2,1-4H3,(H,17,18)(H2,15,16,19). The van der Waals surface area contributed by atoms with Crippen LogP contribution in [-0.2, 0) is 0 Å². The van der Waals surface area contributed by atoms with Crippen LogP contribution in [0.4, 0.5) is 10.5 Å². The molecule has 0 aliphatic heterocycles. The van der Waals surface area contributed by atoms with Gasteiger partial charge in [0.15, 0.2) is 0 Å². The van der Waals surface area contributed by atoms with Crippen LogP contribution in [0.15, 0.2) is 12.1 Å².